The van der Waals surface area contributed by atoms with Crippen molar-refractivity contribution in [3.05, 3.63) is 48.3 Å². The molecule has 0 amide bonds. The maximum Gasteiger partial charge on any atom is 0.175 e. The fourth-order valence-electron chi connectivity index (χ4n) is 1.64. The van der Waals surface area contributed by atoms with Crippen LogP contribution in [-0.2, 0) is 0 Å². The number of benzene rings is 1. The predicted molar refractivity (Wildman–Crippen MR) is 81.8 cm³/mol. The van der Waals surface area contributed by atoms with Gasteiger partial charge in [0.15, 0.2) is 5.11 Å². The minimum Gasteiger partial charge on any atom is -0.495 e. The highest BCUT2D eigenvalue weighted by Gasteiger charge is 2.05. The van der Waals surface area contributed by atoms with Gasteiger partial charge < -0.3 is 15.4 Å². The molecule has 1 heterocycles. The molecule has 0 aliphatic carbocycles. The lowest BCUT2D eigenvalue weighted by molar-refractivity contribution is 0.417. The van der Waals surface area contributed by atoms with E-state index in [1.165, 1.54) is 0 Å². The fourth-order valence-corrected chi connectivity index (χ4v) is 1.87. The van der Waals surface area contributed by atoms with Crippen LogP contribution in [0.5, 0.6) is 5.75 Å². The monoisotopic (exact) mass is 273 g/mol. The van der Waals surface area contributed by atoms with E-state index in [9.17, 15) is 0 Å². The maximum absolute atomic E-state index is 5.29. The third-order valence-electron chi connectivity index (χ3n) is 2.52. The summed E-state index contributed by atoms with van der Waals surface area (Å²) in [5.74, 6) is 0.751. The Kier molecular flexibility index (Phi) is 4.30. The maximum atomic E-state index is 5.29. The lowest BCUT2D eigenvalue weighted by Gasteiger charge is -2.13. The highest BCUT2D eigenvalue weighted by molar-refractivity contribution is 7.80. The van der Waals surface area contributed by atoms with E-state index in [2.05, 4.69) is 15.6 Å². The van der Waals surface area contributed by atoms with Crippen molar-refractivity contribution in [3.63, 3.8) is 0 Å². The number of ether oxygens (including phenoxy) is 1. The quantitative estimate of drug-likeness (QED) is 0.841. The van der Waals surface area contributed by atoms with E-state index < -0.39 is 0 Å². The van der Waals surface area contributed by atoms with E-state index in [-0.39, 0.29) is 0 Å². The molecule has 0 bridgehead atoms. The number of rotatable bonds is 3. The molecule has 4 nitrogen and oxygen atoms in total. The van der Waals surface area contributed by atoms with E-state index in [0.717, 1.165) is 22.7 Å². The highest BCUT2D eigenvalue weighted by atomic mass is 32.1. The van der Waals surface area contributed by atoms with Crippen molar-refractivity contribution in [3.8, 4) is 5.75 Å². The van der Waals surface area contributed by atoms with Crippen LogP contribution in [0.3, 0.4) is 0 Å². The Morgan fingerprint density at radius 3 is 2.79 bits per heavy atom. The summed E-state index contributed by atoms with van der Waals surface area (Å²) in [4.78, 5) is 4.02. The summed E-state index contributed by atoms with van der Waals surface area (Å²) < 4.78 is 5.29. The van der Waals surface area contributed by atoms with Crippen molar-refractivity contribution in [2.75, 3.05) is 17.7 Å². The zero-order chi connectivity index (χ0) is 13.7. The first-order valence-corrected chi connectivity index (χ1v) is 6.22. The molecule has 1 aromatic heterocycles. The van der Waals surface area contributed by atoms with Gasteiger partial charge in [0.1, 0.15) is 5.75 Å². The van der Waals surface area contributed by atoms with Crippen LogP contribution in [0.2, 0.25) is 0 Å². The molecule has 0 saturated heterocycles. The van der Waals surface area contributed by atoms with Gasteiger partial charge in [0.25, 0.3) is 0 Å². The van der Waals surface area contributed by atoms with Gasteiger partial charge in [-0.3, -0.25) is 4.98 Å². The fraction of sp³-hybridized carbons (Fsp3) is 0.143. The number of hydrogen-bond acceptors (Lipinski definition) is 3. The van der Waals surface area contributed by atoms with Gasteiger partial charge in [0.05, 0.1) is 24.7 Å². The average molecular weight is 273 g/mol. The Morgan fingerprint density at radius 1 is 1.26 bits per heavy atom. The molecule has 19 heavy (non-hydrogen) atoms. The van der Waals surface area contributed by atoms with Crippen molar-refractivity contribution in [2.24, 2.45) is 0 Å². The number of pyridine rings is 1. The normalized spacial score (nSPS) is 9.79. The molecule has 1 aromatic carbocycles. The third kappa shape index (κ3) is 3.66. The molecule has 0 aliphatic heterocycles. The number of hydrogen-bond donors (Lipinski definition) is 2. The van der Waals surface area contributed by atoms with Gasteiger partial charge in [-0.1, -0.05) is 6.07 Å². The van der Waals surface area contributed by atoms with E-state index >= 15 is 0 Å². The summed E-state index contributed by atoms with van der Waals surface area (Å²) in [6, 6.07) is 9.62. The number of methoxy groups -OCH3 is 1. The topological polar surface area (TPSA) is 46.2 Å². The molecule has 5 heteroatoms. The second-order valence-electron chi connectivity index (χ2n) is 4.02. The van der Waals surface area contributed by atoms with Crippen LogP contribution in [0.1, 0.15) is 5.56 Å². The molecule has 0 saturated carbocycles. The number of aromatic nitrogens is 1. The first kappa shape index (κ1) is 13.3. The minimum absolute atomic E-state index is 0.497. The van der Waals surface area contributed by atoms with Crippen LogP contribution in [0.15, 0.2) is 42.7 Å². The summed E-state index contributed by atoms with van der Waals surface area (Å²) in [6.07, 6.45) is 3.42. The third-order valence-corrected chi connectivity index (χ3v) is 2.73. The SMILES string of the molecule is COc1ccc(C)cc1NC(=S)Nc1cccnc1. The Bertz CT molecular complexity index is 572. The van der Waals surface area contributed by atoms with Crippen LogP contribution < -0.4 is 15.4 Å². The average Bonchev–Trinajstić information content (AvgIpc) is 2.40. The zero-order valence-electron chi connectivity index (χ0n) is 10.8. The smallest absolute Gasteiger partial charge is 0.175 e. The standard InChI is InChI=1S/C14H15N3OS/c1-10-5-6-13(18-2)12(8-10)17-14(19)16-11-4-3-7-15-9-11/h3-9H,1-2H3,(H2,16,17,19). The number of nitrogens with one attached hydrogen (secondary N) is 2. The van der Waals surface area contributed by atoms with Crippen molar-refractivity contribution >= 4 is 28.7 Å². The van der Waals surface area contributed by atoms with Crippen LogP contribution in [-0.4, -0.2) is 17.2 Å². The summed E-state index contributed by atoms with van der Waals surface area (Å²) in [7, 11) is 1.63. The molecule has 0 atom stereocenters. The Labute approximate surface area is 117 Å². The Hall–Kier alpha value is -2.14. The lowest BCUT2D eigenvalue weighted by atomic mass is 10.2. The molecule has 98 valence electrons. The van der Waals surface area contributed by atoms with E-state index in [1.807, 2.05) is 37.3 Å². The first-order chi connectivity index (χ1) is 9.19. The highest BCUT2D eigenvalue weighted by Crippen LogP contribution is 2.25. The molecule has 2 N–H and O–H groups in total. The van der Waals surface area contributed by atoms with Gasteiger partial charge in [-0.25, -0.2) is 0 Å². The van der Waals surface area contributed by atoms with Crippen molar-refractivity contribution in [2.45, 2.75) is 6.92 Å². The molecule has 0 spiro atoms. The molecule has 0 fully saturated rings. The van der Waals surface area contributed by atoms with Gasteiger partial charge in [-0.05, 0) is 49.0 Å². The summed E-state index contributed by atoms with van der Waals surface area (Å²) >= 11 is 5.26. The number of nitrogens with zero attached hydrogens (tertiary/aromatic N) is 1. The van der Waals surface area contributed by atoms with Gasteiger partial charge in [-0.15, -0.1) is 0 Å². The van der Waals surface area contributed by atoms with Crippen LogP contribution in [0.4, 0.5) is 11.4 Å². The molecule has 2 aromatic rings. The van der Waals surface area contributed by atoms with Crippen LogP contribution in [0.25, 0.3) is 0 Å². The molecular formula is C14H15N3OS. The largest absolute Gasteiger partial charge is 0.495 e. The molecule has 0 radical (unpaired) electrons. The van der Waals surface area contributed by atoms with Gasteiger partial charge in [0.2, 0.25) is 0 Å². The van der Waals surface area contributed by atoms with Gasteiger partial charge in [0, 0.05) is 6.20 Å². The Morgan fingerprint density at radius 2 is 2.11 bits per heavy atom. The summed E-state index contributed by atoms with van der Waals surface area (Å²) in [5.41, 5.74) is 2.81. The Balaban J connectivity index is 2.09. The second-order valence-corrected chi connectivity index (χ2v) is 4.43. The molecule has 0 aliphatic rings. The van der Waals surface area contributed by atoms with E-state index in [0.29, 0.717) is 5.11 Å². The second kappa shape index (κ2) is 6.15. The molecular weight excluding hydrogens is 258 g/mol. The first-order valence-electron chi connectivity index (χ1n) is 5.81. The lowest BCUT2D eigenvalue weighted by Crippen LogP contribution is -2.19. The van der Waals surface area contributed by atoms with Crippen molar-refractivity contribution < 1.29 is 4.74 Å². The minimum atomic E-state index is 0.497. The van der Waals surface area contributed by atoms with E-state index in [1.54, 1.807) is 19.5 Å². The number of anilines is 2. The van der Waals surface area contributed by atoms with Crippen LogP contribution in [0, 0.1) is 6.92 Å². The van der Waals surface area contributed by atoms with E-state index in [4.69, 9.17) is 17.0 Å². The van der Waals surface area contributed by atoms with Crippen molar-refractivity contribution in [1.29, 1.82) is 0 Å². The summed E-state index contributed by atoms with van der Waals surface area (Å²) in [5, 5.41) is 6.68. The van der Waals surface area contributed by atoms with Crippen molar-refractivity contribution in [1.82, 2.24) is 4.98 Å². The summed E-state index contributed by atoms with van der Waals surface area (Å²) in [6.45, 7) is 2.02. The van der Waals surface area contributed by atoms with Gasteiger partial charge >= 0.3 is 0 Å². The van der Waals surface area contributed by atoms with Gasteiger partial charge in [-0.2, -0.15) is 0 Å². The van der Waals surface area contributed by atoms with Crippen LogP contribution >= 0.6 is 12.2 Å². The molecule has 2 rings (SSSR count). The predicted octanol–water partition coefficient (Wildman–Crippen LogP) is 3.21. The number of thiocarbonyl (C=S) groups is 1. The number of aryl methyl sites for hydroxylation is 1. The zero-order valence-corrected chi connectivity index (χ0v) is 11.6. The molecule has 0 unspecified atom stereocenters.